The monoisotopic (exact) mass is 469 g/mol. The Kier molecular flexibility index (Phi) is 9.11. The van der Waals surface area contributed by atoms with E-state index in [2.05, 4.69) is 5.32 Å². The number of nitrogens with one attached hydrogen (secondary N) is 1. The maximum Gasteiger partial charge on any atom is 0.408 e. The summed E-state index contributed by atoms with van der Waals surface area (Å²) in [6.07, 6.45) is -1.80. The van der Waals surface area contributed by atoms with Crippen molar-refractivity contribution in [2.75, 3.05) is 6.79 Å². The number of amides is 1. The molecular formula is C20H17Cl2NO8. The summed E-state index contributed by atoms with van der Waals surface area (Å²) in [5, 5.41) is 11.1. The Morgan fingerprint density at radius 3 is 2.16 bits per heavy atom. The highest BCUT2D eigenvalue weighted by Gasteiger charge is 2.26. The van der Waals surface area contributed by atoms with Crippen molar-refractivity contribution in [1.29, 1.82) is 0 Å². The van der Waals surface area contributed by atoms with Gasteiger partial charge in [0.25, 0.3) is 0 Å². The normalized spacial score (nSPS) is 11.2. The van der Waals surface area contributed by atoms with Gasteiger partial charge in [-0.2, -0.15) is 0 Å². The molecule has 9 nitrogen and oxygen atoms in total. The molecule has 2 aromatic rings. The van der Waals surface area contributed by atoms with Crippen LogP contribution in [0.5, 0.6) is 0 Å². The number of halogens is 2. The van der Waals surface area contributed by atoms with Gasteiger partial charge in [0, 0.05) is 0 Å². The van der Waals surface area contributed by atoms with Crippen LogP contribution < -0.4 is 5.32 Å². The topological polar surface area (TPSA) is 128 Å². The number of alkyl carbamates (subject to hydrolysis) is 1. The van der Waals surface area contributed by atoms with Gasteiger partial charge in [0.1, 0.15) is 12.6 Å². The number of rotatable bonds is 9. The first-order valence-corrected chi connectivity index (χ1v) is 9.50. The molecule has 1 amide bonds. The predicted octanol–water partition coefficient (Wildman–Crippen LogP) is 3.42. The number of carbonyl (C=O) groups is 4. The first-order chi connectivity index (χ1) is 14.8. The fraction of sp³-hybridized carbons (Fsp3) is 0.200. The second-order valence-corrected chi connectivity index (χ2v) is 6.78. The van der Waals surface area contributed by atoms with Crippen molar-refractivity contribution in [3.63, 3.8) is 0 Å². The van der Waals surface area contributed by atoms with Crippen LogP contribution in [0.2, 0.25) is 10.0 Å². The Labute approximate surface area is 186 Å². The van der Waals surface area contributed by atoms with Crippen LogP contribution in [-0.4, -0.2) is 41.9 Å². The quantitative estimate of drug-likeness (QED) is 0.422. The third-order valence-corrected chi connectivity index (χ3v) is 4.36. The van der Waals surface area contributed by atoms with Gasteiger partial charge >= 0.3 is 24.0 Å². The number of aliphatic carboxylic acids is 1. The Morgan fingerprint density at radius 1 is 0.903 bits per heavy atom. The van der Waals surface area contributed by atoms with Gasteiger partial charge in [-0.1, -0.05) is 59.6 Å². The standard InChI is InChI=1S/C20H17Cl2NO8/c21-13-7-4-8-14(22)17(13)19(27)31-11-30-18(26)15(9-16(24)25)23-20(28)29-10-12-5-2-1-3-6-12/h1-8,15H,9-11H2,(H,23,28)(H,24,25)/t15-/m0/s1. The molecule has 0 aromatic heterocycles. The summed E-state index contributed by atoms with van der Waals surface area (Å²) in [5.41, 5.74) is 0.576. The zero-order valence-electron chi connectivity index (χ0n) is 15.9. The van der Waals surface area contributed by atoms with E-state index in [-0.39, 0.29) is 22.2 Å². The van der Waals surface area contributed by atoms with Crippen LogP contribution in [0.15, 0.2) is 48.5 Å². The molecule has 0 saturated carbocycles. The number of hydrogen-bond donors (Lipinski definition) is 2. The molecule has 0 aliphatic heterocycles. The minimum Gasteiger partial charge on any atom is -0.481 e. The van der Waals surface area contributed by atoms with Gasteiger partial charge in [-0.15, -0.1) is 0 Å². The second kappa shape index (κ2) is 11.8. The van der Waals surface area contributed by atoms with Gasteiger partial charge in [-0.3, -0.25) is 4.79 Å². The van der Waals surface area contributed by atoms with Gasteiger partial charge in [-0.25, -0.2) is 14.4 Å². The smallest absolute Gasteiger partial charge is 0.408 e. The lowest BCUT2D eigenvalue weighted by atomic mass is 10.2. The van der Waals surface area contributed by atoms with E-state index in [0.29, 0.717) is 5.56 Å². The van der Waals surface area contributed by atoms with Gasteiger partial charge in [0.05, 0.1) is 22.0 Å². The molecule has 0 aliphatic rings. The van der Waals surface area contributed by atoms with Crippen LogP contribution >= 0.6 is 23.2 Å². The molecule has 0 radical (unpaired) electrons. The summed E-state index contributed by atoms with van der Waals surface area (Å²) < 4.78 is 14.5. The molecule has 2 N–H and O–H groups in total. The van der Waals surface area contributed by atoms with Gasteiger partial charge in [0.2, 0.25) is 6.79 Å². The SMILES string of the molecule is O=C(O)C[C@H](NC(=O)OCc1ccccc1)C(=O)OCOC(=O)c1c(Cl)cccc1Cl. The highest BCUT2D eigenvalue weighted by atomic mass is 35.5. The van der Waals surface area contributed by atoms with Crippen LogP contribution in [0.1, 0.15) is 22.3 Å². The van der Waals surface area contributed by atoms with Gasteiger partial charge in [-0.05, 0) is 17.7 Å². The minimum absolute atomic E-state index is 0.0374. The first kappa shape index (κ1) is 24.0. The summed E-state index contributed by atoms with van der Waals surface area (Å²) in [4.78, 5) is 47.1. The minimum atomic E-state index is -1.57. The largest absolute Gasteiger partial charge is 0.481 e. The molecule has 31 heavy (non-hydrogen) atoms. The Bertz CT molecular complexity index is 931. The van der Waals surface area contributed by atoms with Crippen molar-refractivity contribution in [1.82, 2.24) is 5.32 Å². The van der Waals surface area contributed by atoms with Crippen LogP contribution in [0.25, 0.3) is 0 Å². The maximum absolute atomic E-state index is 12.1. The molecular weight excluding hydrogens is 453 g/mol. The Morgan fingerprint density at radius 2 is 1.55 bits per heavy atom. The van der Waals surface area contributed by atoms with Crippen molar-refractivity contribution < 1.29 is 38.5 Å². The van der Waals surface area contributed by atoms with Crippen molar-refractivity contribution in [3.8, 4) is 0 Å². The van der Waals surface area contributed by atoms with Crippen molar-refractivity contribution >= 4 is 47.2 Å². The highest BCUT2D eigenvalue weighted by Crippen LogP contribution is 2.24. The Hall–Kier alpha value is -3.30. The predicted molar refractivity (Wildman–Crippen MR) is 109 cm³/mol. The second-order valence-electron chi connectivity index (χ2n) is 5.97. The number of carboxylic acids is 1. The lowest BCUT2D eigenvalue weighted by molar-refractivity contribution is -0.157. The average Bonchev–Trinajstić information content (AvgIpc) is 2.72. The maximum atomic E-state index is 12.1. The summed E-state index contributed by atoms with van der Waals surface area (Å²) in [6, 6.07) is 11.5. The Balaban J connectivity index is 1.88. The van der Waals surface area contributed by atoms with Gasteiger partial charge in [0.15, 0.2) is 0 Å². The lowest BCUT2D eigenvalue weighted by Crippen LogP contribution is -2.43. The number of carboxylic acid groups (broad SMARTS) is 1. The summed E-state index contributed by atoms with van der Waals surface area (Å²) in [7, 11) is 0. The molecule has 1 atom stereocenters. The number of carbonyl (C=O) groups excluding carboxylic acids is 3. The van der Waals surface area contributed by atoms with E-state index >= 15 is 0 Å². The van der Waals surface area contributed by atoms with E-state index in [1.54, 1.807) is 30.3 Å². The van der Waals surface area contributed by atoms with E-state index in [1.165, 1.54) is 18.2 Å². The average molecular weight is 470 g/mol. The van der Waals surface area contributed by atoms with Crippen LogP contribution in [0, 0.1) is 0 Å². The van der Waals surface area contributed by atoms with Crippen molar-refractivity contribution in [3.05, 3.63) is 69.7 Å². The zero-order chi connectivity index (χ0) is 22.8. The number of esters is 2. The molecule has 0 fully saturated rings. The lowest BCUT2D eigenvalue weighted by Gasteiger charge is -2.16. The van der Waals surface area contributed by atoms with E-state index in [9.17, 15) is 19.2 Å². The third-order valence-electron chi connectivity index (χ3n) is 3.73. The molecule has 0 aliphatic carbocycles. The number of benzene rings is 2. The van der Waals surface area contributed by atoms with Crippen LogP contribution in [0.3, 0.4) is 0 Å². The molecule has 0 unspecified atom stereocenters. The summed E-state index contributed by atoms with van der Waals surface area (Å²) >= 11 is 11.8. The zero-order valence-corrected chi connectivity index (χ0v) is 17.4. The first-order valence-electron chi connectivity index (χ1n) is 8.74. The van der Waals surface area contributed by atoms with Crippen molar-refractivity contribution in [2.45, 2.75) is 19.1 Å². The molecule has 2 aromatic carbocycles. The van der Waals surface area contributed by atoms with Crippen LogP contribution in [-0.2, 0) is 30.4 Å². The van der Waals surface area contributed by atoms with E-state index < -0.39 is 43.3 Å². The van der Waals surface area contributed by atoms with Crippen molar-refractivity contribution in [2.24, 2.45) is 0 Å². The van der Waals surface area contributed by atoms with Gasteiger partial charge < -0.3 is 24.6 Å². The molecule has 0 spiro atoms. The molecule has 0 bridgehead atoms. The number of hydrogen-bond acceptors (Lipinski definition) is 7. The number of ether oxygens (including phenoxy) is 3. The van der Waals surface area contributed by atoms with Crippen LogP contribution in [0.4, 0.5) is 4.79 Å². The van der Waals surface area contributed by atoms with E-state index in [0.717, 1.165) is 0 Å². The van der Waals surface area contributed by atoms with E-state index in [4.69, 9.17) is 42.5 Å². The highest BCUT2D eigenvalue weighted by molar-refractivity contribution is 6.39. The summed E-state index contributed by atoms with van der Waals surface area (Å²) in [6.45, 7) is -0.937. The molecule has 2 rings (SSSR count). The molecule has 11 heteroatoms. The summed E-state index contributed by atoms with van der Waals surface area (Å²) in [5.74, 6) is -3.46. The van der Waals surface area contributed by atoms with E-state index in [1.807, 2.05) is 0 Å². The fourth-order valence-electron chi connectivity index (χ4n) is 2.28. The molecule has 0 heterocycles. The third kappa shape index (κ3) is 7.80. The fourth-order valence-corrected chi connectivity index (χ4v) is 2.83. The molecule has 164 valence electrons. The molecule has 0 saturated heterocycles.